The van der Waals surface area contributed by atoms with Crippen molar-refractivity contribution in [1.29, 1.82) is 0 Å². The van der Waals surface area contributed by atoms with Gasteiger partial charge in [0.2, 0.25) is 5.75 Å². The Balaban J connectivity index is 2.26. The molecule has 5 nitrogen and oxygen atoms in total. The van der Waals surface area contributed by atoms with E-state index in [1.54, 1.807) is 36.4 Å². The maximum atomic E-state index is 11.0. The van der Waals surface area contributed by atoms with Crippen molar-refractivity contribution in [1.82, 2.24) is 0 Å². The summed E-state index contributed by atoms with van der Waals surface area (Å²) in [6, 6.07) is 11.6. The molecule has 0 aromatic heterocycles. The van der Waals surface area contributed by atoms with Gasteiger partial charge in [0.15, 0.2) is 0 Å². The van der Waals surface area contributed by atoms with E-state index in [0.717, 1.165) is 11.1 Å². The van der Waals surface area contributed by atoms with Crippen LogP contribution in [0.25, 0.3) is 0 Å². The molecule has 110 valence electrons. The van der Waals surface area contributed by atoms with Crippen LogP contribution in [0.1, 0.15) is 30.6 Å². The van der Waals surface area contributed by atoms with Crippen LogP contribution in [-0.2, 0) is 0 Å². The van der Waals surface area contributed by atoms with E-state index in [0.29, 0.717) is 12.2 Å². The van der Waals surface area contributed by atoms with Crippen LogP contribution in [0, 0.1) is 17.0 Å². The van der Waals surface area contributed by atoms with Gasteiger partial charge in [-0.2, -0.15) is 0 Å². The number of nitro benzene ring substituents is 1. The van der Waals surface area contributed by atoms with Crippen molar-refractivity contribution in [3.8, 4) is 11.5 Å². The highest BCUT2D eigenvalue weighted by molar-refractivity contribution is 5.50. The third-order valence-electron chi connectivity index (χ3n) is 3.19. The number of nitrogens with zero attached hydrogens (tertiary/aromatic N) is 1. The van der Waals surface area contributed by atoms with Gasteiger partial charge in [0.1, 0.15) is 5.75 Å². The first-order valence-corrected chi connectivity index (χ1v) is 6.72. The van der Waals surface area contributed by atoms with Gasteiger partial charge in [-0.1, -0.05) is 25.1 Å². The van der Waals surface area contributed by atoms with E-state index in [2.05, 4.69) is 0 Å². The van der Waals surface area contributed by atoms with Crippen molar-refractivity contribution in [2.45, 2.75) is 26.4 Å². The number of ether oxygens (including phenoxy) is 1. The van der Waals surface area contributed by atoms with Gasteiger partial charge in [0, 0.05) is 6.07 Å². The van der Waals surface area contributed by atoms with Gasteiger partial charge in [0.25, 0.3) is 0 Å². The molecule has 0 saturated carbocycles. The average Bonchev–Trinajstić information content (AvgIpc) is 2.47. The molecule has 0 aliphatic rings. The Bertz CT molecular complexity index is 637. The number of rotatable bonds is 5. The Kier molecular flexibility index (Phi) is 4.55. The van der Waals surface area contributed by atoms with Gasteiger partial charge in [-0.3, -0.25) is 10.1 Å². The van der Waals surface area contributed by atoms with Crippen LogP contribution in [0.5, 0.6) is 11.5 Å². The lowest BCUT2D eigenvalue weighted by atomic mass is 10.1. The lowest BCUT2D eigenvalue weighted by Crippen LogP contribution is -1.96. The first-order chi connectivity index (χ1) is 10.0. The summed E-state index contributed by atoms with van der Waals surface area (Å²) in [7, 11) is 0. The minimum atomic E-state index is -0.507. The molecule has 0 spiro atoms. The Hall–Kier alpha value is -2.40. The quantitative estimate of drug-likeness (QED) is 0.662. The maximum absolute atomic E-state index is 11.0. The molecule has 0 radical (unpaired) electrons. The van der Waals surface area contributed by atoms with Gasteiger partial charge in [-0.05, 0) is 42.7 Å². The highest BCUT2D eigenvalue weighted by Gasteiger charge is 2.15. The Morgan fingerprint density at radius 2 is 1.90 bits per heavy atom. The zero-order valence-corrected chi connectivity index (χ0v) is 11.9. The topological polar surface area (TPSA) is 72.6 Å². The first kappa shape index (κ1) is 15.0. The predicted octanol–water partition coefficient (Wildman–Crippen LogP) is 4.14. The van der Waals surface area contributed by atoms with Crippen molar-refractivity contribution in [3.05, 3.63) is 63.7 Å². The van der Waals surface area contributed by atoms with Crippen molar-refractivity contribution < 1.29 is 14.8 Å². The number of nitro groups is 1. The van der Waals surface area contributed by atoms with Crippen molar-refractivity contribution in [2.75, 3.05) is 0 Å². The summed E-state index contributed by atoms with van der Waals surface area (Å²) >= 11 is 0. The SMILES string of the molecule is CC[C@H](O)c1ccc(Oc2cc(C)ccc2[N+](=O)[O-])cc1. The third kappa shape index (κ3) is 3.58. The highest BCUT2D eigenvalue weighted by Crippen LogP contribution is 2.32. The fourth-order valence-corrected chi connectivity index (χ4v) is 1.97. The van der Waals surface area contributed by atoms with Gasteiger partial charge >= 0.3 is 5.69 Å². The second-order valence-electron chi connectivity index (χ2n) is 4.82. The minimum Gasteiger partial charge on any atom is -0.450 e. The average molecular weight is 287 g/mol. The zero-order valence-electron chi connectivity index (χ0n) is 11.9. The fraction of sp³-hybridized carbons (Fsp3) is 0.250. The summed E-state index contributed by atoms with van der Waals surface area (Å²) in [4.78, 5) is 10.5. The Morgan fingerprint density at radius 3 is 2.48 bits per heavy atom. The molecule has 1 N–H and O–H groups in total. The van der Waals surface area contributed by atoms with Crippen LogP contribution >= 0.6 is 0 Å². The molecule has 0 heterocycles. The van der Waals surface area contributed by atoms with Crippen LogP contribution in [0.4, 0.5) is 5.69 Å². The monoisotopic (exact) mass is 287 g/mol. The molecule has 1 atom stereocenters. The molecule has 0 aliphatic carbocycles. The standard InChI is InChI=1S/C16H17NO4/c1-3-15(18)12-5-7-13(8-6-12)21-16-10-11(2)4-9-14(16)17(19)20/h4-10,15,18H,3H2,1-2H3/t15-/m0/s1. The Labute approximate surface area is 123 Å². The van der Waals surface area contributed by atoms with Gasteiger partial charge < -0.3 is 9.84 Å². The first-order valence-electron chi connectivity index (χ1n) is 6.72. The number of aliphatic hydroxyl groups is 1. The number of aliphatic hydroxyl groups excluding tert-OH is 1. The second kappa shape index (κ2) is 6.37. The summed E-state index contributed by atoms with van der Waals surface area (Å²) in [5, 5.41) is 20.7. The molecule has 21 heavy (non-hydrogen) atoms. The summed E-state index contributed by atoms with van der Waals surface area (Å²) < 4.78 is 5.60. The molecule has 0 aliphatic heterocycles. The zero-order chi connectivity index (χ0) is 15.4. The van der Waals surface area contributed by atoms with Crippen molar-refractivity contribution >= 4 is 5.69 Å². The lowest BCUT2D eigenvalue weighted by molar-refractivity contribution is -0.385. The van der Waals surface area contributed by atoms with Crippen LogP contribution in [0.3, 0.4) is 0 Å². The molecule has 5 heteroatoms. The number of aryl methyl sites for hydroxylation is 1. The van der Waals surface area contributed by atoms with Crippen LogP contribution in [0.2, 0.25) is 0 Å². The van der Waals surface area contributed by atoms with E-state index >= 15 is 0 Å². The molecule has 2 aromatic carbocycles. The molecule has 2 rings (SSSR count). The molecule has 0 saturated heterocycles. The molecule has 0 bridgehead atoms. The van der Waals surface area contributed by atoms with Crippen LogP contribution in [-0.4, -0.2) is 10.0 Å². The lowest BCUT2D eigenvalue weighted by Gasteiger charge is -2.10. The summed E-state index contributed by atoms with van der Waals surface area (Å²) in [5.74, 6) is 0.708. The number of benzene rings is 2. The molecular formula is C16H17NO4. The van der Waals surface area contributed by atoms with Gasteiger partial charge in [0.05, 0.1) is 11.0 Å². The number of hydrogen-bond acceptors (Lipinski definition) is 4. The van der Waals surface area contributed by atoms with Gasteiger partial charge in [-0.25, -0.2) is 0 Å². The minimum absolute atomic E-state index is 0.0710. The predicted molar refractivity (Wildman–Crippen MR) is 79.6 cm³/mol. The summed E-state index contributed by atoms with van der Waals surface area (Å²) in [6.07, 6.45) is 0.121. The van der Waals surface area contributed by atoms with E-state index in [-0.39, 0.29) is 11.4 Å². The molecule has 0 unspecified atom stereocenters. The largest absolute Gasteiger partial charge is 0.450 e. The molecular weight excluding hydrogens is 270 g/mol. The van der Waals surface area contributed by atoms with E-state index < -0.39 is 11.0 Å². The normalized spacial score (nSPS) is 12.0. The van der Waals surface area contributed by atoms with E-state index in [1.165, 1.54) is 6.07 Å². The van der Waals surface area contributed by atoms with Crippen molar-refractivity contribution in [2.24, 2.45) is 0 Å². The summed E-state index contributed by atoms with van der Waals surface area (Å²) in [5.41, 5.74) is 1.61. The second-order valence-corrected chi connectivity index (χ2v) is 4.82. The van der Waals surface area contributed by atoms with Gasteiger partial charge in [-0.15, -0.1) is 0 Å². The Morgan fingerprint density at radius 1 is 1.24 bits per heavy atom. The highest BCUT2D eigenvalue weighted by atomic mass is 16.6. The third-order valence-corrected chi connectivity index (χ3v) is 3.19. The number of hydrogen-bond donors (Lipinski definition) is 1. The van der Waals surface area contributed by atoms with E-state index in [4.69, 9.17) is 4.74 Å². The molecule has 0 amide bonds. The summed E-state index contributed by atoms with van der Waals surface area (Å²) in [6.45, 7) is 3.74. The van der Waals surface area contributed by atoms with E-state index in [1.807, 2.05) is 13.8 Å². The van der Waals surface area contributed by atoms with Crippen LogP contribution in [0.15, 0.2) is 42.5 Å². The van der Waals surface area contributed by atoms with Crippen molar-refractivity contribution in [3.63, 3.8) is 0 Å². The molecule has 2 aromatic rings. The maximum Gasteiger partial charge on any atom is 0.311 e. The fourth-order valence-electron chi connectivity index (χ4n) is 1.97. The smallest absolute Gasteiger partial charge is 0.311 e. The molecule has 0 fully saturated rings. The van der Waals surface area contributed by atoms with Crippen LogP contribution < -0.4 is 4.74 Å². The van der Waals surface area contributed by atoms with E-state index in [9.17, 15) is 15.2 Å².